The second kappa shape index (κ2) is 10.5. The van der Waals surface area contributed by atoms with Crippen LogP contribution in [0.15, 0.2) is 24.3 Å². The number of hydrogen-bond acceptors (Lipinski definition) is 5. The van der Waals surface area contributed by atoms with Crippen molar-refractivity contribution >= 4 is 17.9 Å². The van der Waals surface area contributed by atoms with Gasteiger partial charge in [-0.05, 0) is 36.8 Å². The first kappa shape index (κ1) is 20.7. The van der Waals surface area contributed by atoms with Gasteiger partial charge >= 0.3 is 12.0 Å². The second-order valence-corrected chi connectivity index (χ2v) is 6.80. The monoisotopic (exact) mass is 376 g/mol. The molecule has 2 N–H and O–H groups in total. The predicted octanol–water partition coefficient (Wildman–Crippen LogP) is 2.58. The summed E-state index contributed by atoms with van der Waals surface area (Å²) in [6.45, 7) is 3.26. The topological polar surface area (TPSA) is 93.7 Å². The molecule has 1 aliphatic carbocycles. The Bertz CT molecular complexity index is 662. The predicted molar refractivity (Wildman–Crippen MR) is 100 cm³/mol. The Labute approximate surface area is 159 Å². The van der Waals surface area contributed by atoms with Gasteiger partial charge in [-0.3, -0.25) is 10.1 Å². The third-order valence-corrected chi connectivity index (χ3v) is 4.74. The van der Waals surface area contributed by atoms with Gasteiger partial charge in [0, 0.05) is 6.04 Å². The fraction of sp³-hybridized carbons (Fsp3) is 0.550. The largest absolute Gasteiger partial charge is 0.482 e. The first-order valence-electron chi connectivity index (χ1n) is 9.46. The minimum atomic E-state index is -0.669. The molecule has 3 amide bonds. The van der Waals surface area contributed by atoms with E-state index in [0.29, 0.717) is 11.7 Å². The standard InChI is InChI=1S/C20H28N2O5/c1-3-15-9-5-7-11-17(15)26-13-19(24)27-12-18(23)22-20(25)21-16-10-6-4-8-14(16)2/h5,7,9,11,14,16H,3-4,6,8,10,12-13H2,1-2H3,(H2,21,22,23,25). The van der Waals surface area contributed by atoms with E-state index in [1.165, 1.54) is 6.42 Å². The van der Waals surface area contributed by atoms with Gasteiger partial charge in [-0.1, -0.05) is 44.9 Å². The van der Waals surface area contributed by atoms with Crippen LogP contribution in [-0.4, -0.2) is 37.2 Å². The fourth-order valence-electron chi connectivity index (χ4n) is 3.16. The van der Waals surface area contributed by atoms with E-state index in [9.17, 15) is 14.4 Å². The van der Waals surface area contributed by atoms with Crippen molar-refractivity contribution in [2.75, 3.05) is 13.2 Å². The zero-order valence-corrected chi connectivity index (χ0v) is 16.0. The Morgan fingerprint density at radius 3 is 2.59 bits per heavy atom. The SMILES string of the molecule is CCc1ccccc1OCC(=O)OCC(=O)NC(=O)NC1CCCCC1C. The number of ether oxygens (including phenoxy) is 2. The Morgan fingerprint density at radius 2 is 1.85 bits per heavy atom. The van der Waals surface area contributed by atoms with Crippen LogP contribution in [0.3, 0.4) is 0 Å². The van der Waals surface area contributed by atoms with Crippen LogP contribution < -0.4 is 15.4 Å². The summed E-state index contributed by atoms with van der Waals surface area (Å²) in [5, 5.41) is 5.00. The van der Waals surface area contributed by atoms with Gasteiger partial charge < -0.3 is 14.8 Å². The molecular weight excluding hydrogens is 348 g/mol. The molecule has 148 valence electrons. The number of amides is 3. The van der Waals surface area contributed by atoms with Crippen molar-refractivity contribution in [1.82, 2.24) is 10.6 Å². The summed E-state index contributed by atoms with van der Waals surface area (Å²) in [5.74, 6) is -0.335. The van der Waals surface area contributed by atoms with Gasteiger partial charge in [-0.2, -0.15) is 0 Å². The number of para-hydroxylation sites is 1. The highest BCUT2D eigenvalue weighted by Crippen LogP contribution is 2.23. The molecule has 7 heteroatoms. The third kappa shape index (κ3) is 6.92. The number of benzene rings is 1. The quantitative estimate of drug-likeness (QED) is 0.714. The van der Waals surface area contributed by atoms with Crippen LogP contribution in [0.5, 0.6) is 5.75 Å². The number of urea groups is 1. The summed E-state index contributed by atoms with van der Waals surface area (Å²) >= 11 is 0. The van der Waals surface area contributed by atoms with Gasteiger partial charge in [0.05, 0.1) is 0 Å². The van der Waals surface area contributed by atoms with Gasteiger partial charge in [0.15, 0.2) is 13.2 Å². The van der Waals surface area contributed by atoms with Crippen molar-refractivity contribution in [3.63, 3.8) is 0 Å². The molecule has 7 nitrogen and oxygen atoms in total. The Kier molecular flexibility index (Phi) is 8.10. The van der Waals surface area contributed by atoms with Crippen LogP contribution in [-0.2, 0) is 20.7 Å². The lowest BCUT2D eigenvalue weighted by molar-refractivity contribution is -0.150. The zero-order valence-electron chi connectivity index (χ0n) is 16.0. The fourth-order valence-corrected chi connectivity index (χ4v) is 3.16. The lowest BCUT2D eigenvalue weighted by atomic mass is 9.86. The van der Waals surface area contributed by atoms with E-state index in [1.54, 1.807) is 6.07 Å². The van der Waals surface area contributed by atoms with Crippen LogP contribution in [0.4, 0.5) is 4.79 Å². The summed E-state index contributed by atoms with van der Waals surface area (Å²) in [7, 11) is 0. The lowest BCUT2D eigenvalue weighted by Crippen LogP contribution is -2.48. The van der Waals surface area contributed by atoms with E-state index in [2.05, 4.69) is 17.6 Å². The van der Waals surface area contributed by atoms with E-state index in [0.717, 1.165) is 31.2 Å². The normalized spacial score (nSPS) is 19.0. The van der Waals surface area contributed by atoms with E-state index in [-0.39, 0.29) is 12.6 Å². The number of aryl methyl sites for hydroxylation is 1. The van der Waals surface area contributed by atoms with Crippen LogP contribution in [0.2, 0.25) is 0 Å². The maximum atomic E-state index is 11.9. The van der Waals surface area contributed by atoms with Crippen molar-refractivity contribution in [3.05, 3.63) is 29.8 Å². The molecule has 0 radical (unpaired) electrons. The van der Waals surface area contributed by atoms with Gasteiger partial charge in [0.25, 0.3) is 5.91 Å². The molecule has 0 saturated heterocycles. The molecule has 1 saturated carbocycles. The molecule has 1 aromatic rings. The maximum absolute atomic E-state index is 11.9. The van der Waals surface area contributed by atoms with Crippen molar-refractivity contribution in [3.8, 4) is 5.75 Å². The number of imide groups is 1. The zero-order chi connectivity index (χ0) is 19.6. The molecule has 0 aromatic heterocycles. The van der Waals surface area contributed by atoms with Crippen LogP contribution in [0, 0.1) is 5.92 Å². The highest BCUT2D eigenvalue weighted by atomic mass is 16.6. The van der Waals surface area contributed by atoms with Crippen molar-refractivity contribution < 1.29 is 23.9 Å². The van der Waals surface area contributed by atoms with E-state index < -0.39 is 24.5 Å². The van der Waals surface area contributed by atoms with Gasteiger partial charge in [0.2, 0.25) is 0 Å². The highest BCUT2D eigenvalue weighted by molar-refractivity contribution is 5.95. The Hall–Kier alpha value is -2.57. The second-order valence-electron chi connectivity index (χ2n) is 6.80. The minimum absolute atomic E-state index is 0.0705. The highest BCUT2D eigenvalue weighted by Gasteiger charge is 2.23. The van der Waals surface area contributed by atoms with E-state index in [1.807, 2.05) is 25.1 Å². The van der Waals surface area contributed by atoms with E-state index >= 15 is 0 Å². The minimum Gasteiger partial charge on any atom is -0.482 e. The first-order chi connectivity index (χ1) is 13.0. The number of nitrogens with one attached hydrogen (secondary N) is 2. The summed E-state index contributed by atoms with van der Waals surface area (Å²) in [4.78, 5) is 35.4. The molecule has 1 fully saturated rings. The Balaban J connectivity index is 1.67. The summed E-state index contributed by atoms with van der Waals surface area (Å²) in [6.07, 6.45) is 5.00. The number of esters is 1. The molecule has 2 rings (SSSR count). The van der Waals surface area contributed by atoms with Gasteiger partial charge in [-0.15, -0.1) is 0 Å². The molecule has 1 aliphatic rings. The molecule has 2 atom stereocenters. The molecule has 0 bridgehead atoms. The molecule has 0 spiro atoms. The Morgan fingerprint density at radius 1 is 1.11 bits per heavy atom. The maximum Gasteiger partial charge on any atom is 0.344 e. The third-order valence-electron chi connectivity index (χ3n) is 4.74. The summed E-state index contributed by atoms with van der Waals surface area (Å²) in [6, 6.07) is 6.92. The average Bonchev–Trinajstić information content (AvgIpc) is 2.66. The van der Waals surface area contributed by atoms with Crippen LogP contribution in [0.25, 0.3) is 0 Å². The van der Waals surface area contributed by atoms with Crippen LogP contribution >= 0.6 is 0 Å². The molecule has 1 aromatic carbocycles. The molecule has 27 heavy (non-hydrogen) atoms. The molecular formula is C20H28N2O5. The summed E-state index contributed by atoms with van der Waals surface area (Å²) < 4.78 is 10.3. The number of carbonyl (C=O) groups is 3. The molecule has 0 heterocycles. The van der Waals surface area contributed by atoms with Crippen molar-refractivity contribution in [2.45, 2.75) is 52.0 Å². The van der Waals surface area contributed by atoms with Crippen molar-refractivity contribution in [2.24, 2.45) is 5.92 Å². The average molecular weight is 376 g/mol. The van der Waals surface area contributed by atoms with Gasteiger partial charge in [-0.25, -0.2) is 9.59 Å². The molecule has 2 unspecified atom stereocenters. The number of rotatable bonds is 7. The smallest absolute Gasteiger partial charge is 0.344 e. The van der Waals surface area contributed by atoms with Gasteiger partial charge in [0.1, 0.15) is 5.75 Å². The van der Waals surface area contributed by atoms with E-state index in [4.69, 9.17) is 9.47 Å². The van der Waals surface area contributed by atoms with Crippen molar-refractivity contribution in [1.29, 1.82) is 0 Å². The first-order valence-corrected chi connectivity index (χ1v) is 9.46. The number of carbonyl (C=O) groups excluding carboxylic acids is 3. The number of hydrogen-bond donors (Lipinski definition) is 2. The summed E-state index contributed by atoms with van der Waals surface area (Å²) in [5.41, 5.74) is 0.983. The lowest BCUT2D eigenvalue weighted by Gasteiger charge is -2.29. The molecule has 0 aliphatic heterocycles. The van der Waals surface area contributed by atoms with Crippen LogP contribution in [0.1, 0.15) is 45.1 Å².